The third-order valence-electron chi connectivity index (χ3n) is 2.46. The van der Waals surface area contributed by atoms with Crippen molar-refractivity contribution in [1.82, 2.24) is 0 Å². The third-order valence-corrected chi connectivity index (χ3v) is 2.46. The zero-order chi connectivity index (χ0) is 12.7. The Morgan fingerprint density at radius 2 is 2.24 bits per heavy atom. The molecule has 0 saturated carbocycles. The first-order valence-corrected chi connectivity index (χ1v) is 5.80. The molecule has 0 unspecified atom stereocenters. The number of aryl methyl sites for hydroxylation is 1. The maximum absolute atomic E-state index is 10.8. The van der Waals surface area contributed by atoms with E-state index in [1.807, 2.05) is 13.0 Å². The van der Waals surface area contributed by atoms with Gasteiger partial charge in [-0.05, 0) is 44.0 Å². The summed E-state index contributed by atoms with van der Waals surface area (Å²) in [6.45, 7) is 6.09. The molecule has 1 rings (SSSR count). The fourth-order valence-corrected chi connectivity index (χ4v) is 1.56. The molecular formula is C13H19NO3. The molecule has 0 saturated heterocycles. The van der Waals surface area contributed by atoms with Crippen molar-refractivity contribution in [3.63, 3.8) is 0 Å². The lowest BCUT2D eigenvalue weighted by atomic mass is 10.1. The molecule has 0 amide bonds. The van der Waals surface area contributed by atoms with E-state index in [9.17, 15) is 4.79 Å². The molecule has 0 fully saturated rings. The number of aromatic carboxylic acids is 1. The number of rotatable bonds is 7. The smallest absolute Gasteiger partial charge is 0.335 e. The molecule has 94 valence electrons. The van der Waals surface area contributed by atoms with Crippen LogP contribution in [0.15, 0.2) is 18.2 Å². The van der Waals surface area contributed by atoms with Gasteiger partial charge in [0.1, 0.15) is 0 Å². The first kappa shape index (κ1) is 13.5. The molecule has 0 bridgehead atoms. The molecule has 0 aliphatic heterocycles. The van der Waals surface area contributed by atoms with E-state index < -0.39 is 5.97 Å². The average molecular weight is 237 g/mol. The molecule has 0 heterocycles. The second-order valence-corrected chi connectivity index (χ2v) is 3.81. The lowest BCUT2D eigenvalue weighted by Crippen LogP contribution is -2.07. The van der Waals surface area contributed by atoms with Crippen LogP contribution in [-0.4, -0.2) is 30.8 Å². The van der Waals surface area contributed by atoms with Gasteiger partial charge in [0.25, 0.3) is 0 Å². The van der Waals surface area contributed by atoms with E-state index in [2.05, 4.69) is 5.32 Å². The zero-order valence-corrected chi connectivity index (χ0v) is 10.3. The Kier molecular flexibility index (Phi) is 5.49. The van der Waals surface area contributed by atoms with Crippen LogP contribution in [-0.2, 0) is 4.74 Å². The number of carboxylic acid groups (broad SMARTS) is 1. The normalized spacial score (nSPS) is 10.2. The van der Waals surface area contributed by atoms with Crippen molar-refractivity contribution >= 4 is 11.7 Å². The first-order valence-electron chi connectivity index (χ1n) is 5.80. The summed E-state index contributed by atoms with van der Waals surface area (Å²) in [7, 11) is 0. The highest BCUT2D eigenvalue weighted by atomic mass is 16.5. The molecule has 0 aliphatic carbocycles. The minimum Gasteiger partial charge on any atom is -0.478 e. The van der Waals surface area contributed by atoms with Gasteiger partial charge in [-0.15, -0.1) is 0 Å². The Bertz CT molecular complexity index is 377. The number of benzene rings is 1. The number of anilines is 1. The van der Waals surface area contributed by atoms with Gasteiger partial charge < -0.3 is 15.2 Å². The molecule has 17 heavy (non-hydrogen) atoms. The van der Waals surface area contributed by atoms with Crippen LogP contribution < -0.4 is 5.32 Å². The Hall–Kier alpha value is -1.55. The van der Waals surface area contributed by atoms with Crippen molar-refractivity contribution in [3.05, 3.63) is 29.3 Å². The standard InChI is InChI=1S/C13H19NO3/c1-3-17-8-4-7-14-11-5-6-12(13(15)16)10(2)9-11/h5-6,9,14H,3-4,7-8H2,1-2H3,(H,15,16). The third kappa shape index (κ3) is 4.44. The monoisotopic (exact) mass is 237 g/mol. The average Bonchev–Trinajstić information content (AvgIpc) is 2.28. The van der Waals surface area contributed by atoms with Crippen LogP contribution in [0.1, 0.15) is 29.3 Å². The molecule has 1 aromatic rings. The number of hydrogen-bond donors (Lipinski definition) is 2. The summed E-state index contributed by atoms with van der Waals surface area (Å²) in [4.78, 5) is 10.8. The van der Waals surface area contributed by atoms with E-state index in [4.69, 9.17) is 9.84 Å². The molecule has 4 nitrogen and oxygen atoms in total. The summed E-state index contributed by atoms with van der Waals surface area (Å²) in [5, 5.41) is 12.1. The van der Waals surface area contributed by atoms with Gasteiger partial charge in [0.05, 0.1) is 5.56 Å². The quantitative estimate of drug-likeness (QED) is 0.715. The minimum absolute atomic E-state index is 0.352. The van der Waals surface area contributed by atoms with Gasteiger partial charge in [0, 0.05) is 25.4 Å². The topological polar surface area (TPSA) is 58.6 Å². The second-order valence-electron chi connectivity index (χ2n) is 3.81. The summed E-state index contributed by atoms with van der Waals surface area (Å²) >= 11 is 0. The number of carboxylic acids is 1. The zero-order valence-electron chi connectivity index (χ0n) is 10.3. The highest BCUT2D eigenvalue weighted by Gasteiger charge is 2.06. The van der Waals surface area contributed by atoms with Crippen molar-refractivity contribution < 1.29 is 14.6 Å². The summed E-state index contributed by atoms with van der Waals surface area (Å²) in [5.74, 6) is -0.884. The van der Waals surface area contributed by atoms with Crippen molar-refractivity contribution in [2.24, 2.45) is 0 Å². The minimum atomic E-state index is -0.884. The number of carbonyl (C=O) groups is 1. The second kappa shape index (κ2) is 6.91. The Labute approximate surface area is 102 Å². The number of ether oxygens (including phenoxy) is 1. The molecule has 0 aromatic heterocycles. The van der Waals surface area contributed by atoms with Crippen LogP contribution in [0.5, 0.6) is 0 Å². The predicted octanol–water partition coefficient (Wildman–Crippen LogP) is 2.53. The van der Waals surface area contributed by atoms with Crippen molar-refractivity contribution in [2.75, 3.05) is 25.1 Å². The lowest BCUT2D eigenvalue weighted by Gasteiger charge is -2.08. The Morgan fingerprint density at radius 3 is 2.82 bits per heavy atom. The van der Waals surface area contributed by atoms with E-state index in [-0.39, 0.29) is 0 Å². The number of nitrogens with one attached hydrogen (secondary N) is 1. The highest BCUT2D eigenvalue weighted by molar-refractivity contribution is 5.89. The van der Waals surface area contributed by atoms with E-state index in [0.717, 1.165) is 37.4 Å². The van der Waals surface area contributed by atoms with Gasteiger partial charge in [-0.1, -0.05) is 0 Å². The molecule has 0 atom stereocenters. The molecule has 0 aliphatic rings. The summed E-state index contributed by atoms with van der Waals surface area (Å²) in [6, 6.07) is 5.27. The van der Waals surface area contributed by atoms with E-state index in [0.29, 0.717) is 5.56 Å². The van der Waals surface area contributed by atoms with Crippen LogP contribution in [0.3, 0.4) is 0 Å². The van der Waals surface area contributed by atoms with Crippen LogP contribution in [0.2, 0.25) is 0 Å². The van der Waals surface area contributed by atoms with E-state index >= 15 is 0 Å². The van der Waals surface area contributed by atoms with Gasteiger partial charge in [0.2, 0.25) is 0 Å². The first-order chi connectivity index (χ1) is 8.15. The van der Waals surface area contributed by atoms with Gasteiger partial charge in [-0.25, -0.2) is 4.79 Å². The molecular weight excluding hydrogens is 218 g/mol. The summed E-state index contributed by atoms with van der Waals surface area (Å²) < 4.78 is 5.23. The van der Waals surface area contributed by atoms with Crippen molar-refractivity contribution in [3.8, 4) is 0 Å². The SMILES string of the molecule is CCOCCCNc1ccc(C(=O)O)c(C)c1. The van der Waals surface area contributed by atoms with Gasteiger partial charge in [-0.3, -0.25) is 0 Å². The van der Waals surface area contributed by atoms with Crippen molar-refractivity contribution in [1.29, 1.82) is 0 Å². The summed E-state index contributed by atoms with van der Waals surface area (Å²) in [6.07, 6.45) is 0.938. The summed E-state index contributed by atoms with van der Waals surface area (Å²) in [5.41, 5.74) is 2.07. The van der Waals surface area contributed by atoms with E-state index in [1.54, 1.807) is 19.1 Å². The lowest BCUT2D eigenvalue weighted by molar-refractivity contribution is 0.0696. The van der Waals surface area contributed by atoms with Crippen molar-refractivity contribution in [2.45, 2.75) is 20.3 Å². The van der Waals surface area contributed by atoms with Crippen LogP contribution in [0, 0.1) is 6.92 Å². The van der Waals surface area contributed by atoms with Crippen LogP contribution in [0.25, 0.3) is 0 Å². The molecule has 4 heteroatoms. The molecule has 2 N–H and O–H groups in total. The molecule has 1 aromatic carbocycles. The molecule has 0 radical (unpaired) electrons. The maximum atomic E-state index is 10.8. The predicted molar refractivity (Wildman–Crippen MR) is 67.7 cm³/mol. The highest BCUT2D eigenvalue weighted by Crippen LogP contribution is 2.15. The maximum Gasteiger partial charge on any atom is 0.335 e. The van der Waals surface area contributed by atoms with Gasteiger partial charge >= 0.3 is 5.97 Å². The van der Waals surface area contributed by atoms with Gasteiger partial charge in [0.15, 0.2) is 0 Å². The fraction of sp³-hybridized carbons (Fsp3) is 0.462. The largest absolute Gasteiger partial charge is 0.478 e. The molecule has 0 spiro atoms. The van der Waals surface area contributed by atoms with Crippen LogP contribution in [0.4, 0.5) is 5.69 Å². The fourth-order valence-electron chi connectivity index (χ4n) is 1.56. The Balaban J connectivity index is 2.45. The van der Waals surface area contributed by atoms with Crippen LogP contribution >= 0.6 is 0 Å². The van der Waals surface area contributed by atoms with E-state index in [1.165, 1.54) is 0 Å². The number of hydrogen-bond acceptors (Lipinski definition) is 3. The van der Waals surface area contributed by atoms with Gasteiger partial charge in [-0.2, -0.15) is 0 Å². The Morgan fingerprint density at radius 1 is 1.47 bits per heavy atom.